The van der Waals surface area contributed by atoms with E-state index >= 15 is 0 Å². The van der Waals surface area contributed by atoms with E-state index in [9.17, 15) is 9.59 Å². The Labute approximate surface area is 94.9 Å². The first kappa shape index (κ1) is 14.7. The molecule has 0 bridgehead atoms. The maximum Gasteiger partial charge on any atom is 0.410 e. The maximum atomic E-state index is 11.1. The van der Waals surface area contributed by atoms with E-state index in [0.29, 0.717) is 0 Å². The molecule has 0 saturated heterocycles. The molecule has 0 aliphatic rings. The third kappa shape index (κ3) is 7.05. The summed E-state index contributed by atoms with van der Waals surface area (Å²) in [5, 5.41) is 11.2. The number of aliphatic hydroxyl groups excluding tert-OH is 1. The second kappa shape index (κ2) is 7.05. The van der Waals surface area contributed by atoms with Crippen LogP contribution in [-0.2, 0) is 14.3 Å². The van der Waals surface area contributed by atoms with Gasteiger partial charge < -0.3 is 19.9 Å². The van der Waals surface area contributed by atoms with Gasteiger partial charge in [-0.05, 0) is 6.92 Å². The van der Waals surface area contributed by atoms with Crippen molar-refractivity contribution in [2.24, 2.45) is 5.92 Å². The first-order valence-corrected chi connectivity index (χ1v) is 5.16. The lowest BCUT2D eigenvalue weighted by molar-refractivity contribution is -0.168. The highest BCUT2D eigenvalue weighted by Crippen LogP contribution is 2.01. The summed E-state index contributed by atoms with van der Waals surface area (Å²) in [5.41, 5.74) is 0. The molecule has 0 aromatic carbocycles. The molecular formula is C10H19NO5. The Hall–Kier alpha value is -1.30. The van der Waals surface area contributed by atoms with Crippen molar-refractivity contribution >= 4 is 12.1 Å². The quantitative estimate of drug-likeness (QED) is 0.537. The van der Waals surface area contributed by atoms with Crippen molar-refractivity contribution in [3.05, 3.63) is 0 Å². The molecule has 0 saturated carbocycles. The van der Waals surface area contributed by atoms with E-state index in [2.05, 4.69) is 5.32 Å². The summed E-state index contributed by atoms with van der Waals surface area (Å²) < 4.78 is 9.52. The summed E-state index contributed by atoms with van der Waals surface area (Å²) in [6.07, 6.45) is -2.32. The van der Waals surface area contributed by atoms with Gasteiger partial charge in [0.15, 0.2) is 0 Å². The average Bonchev–Trinajstić information content (AvgIpc) is 2.14. The maximum absolute atomic E-state index is 11.1. The van der Waals surface area contributed by atoms with E-state index in [4.69, 9.17) is 14.6 Å². The lowest BCUT2D eigenvalue weighted by Gasteiger charge is -2.16. The highest BCUT2D eigenvalue weighted by molar-refractivity contribution is 5.72. The number of rotatable bonds is 5. The Morgan fingerprint density at radius 3 is 2.19 bits per heavy atom. The summed E-state index contributed by atoms with van der Waals surface area (Å²) in [4.78, 5) is 22.2. The van der Waals surface area contributed by atoms with Gasteiger partial charge in [-0.2, -0.15) is 0 Å². The number of hydrogen-bond donors (Lipinski definition) is 2. The predicted octanol–water partition coefficient (Wildman–Crippen LogP) is 0.639. The molecule has 1 unspecified atom stereocenters. The van der Waals surface area contributed by atoms with Crippen LogP contribution in [0.1, 0.15) is 27.7 Å². The number of carbonyl (C=O) groups excluding carboxylic acids is 2. The molecule has 0 rings (SSSR count). The molecule has 6 nitrogen and oxygen atoms in total. The molecule has 0 radical (unpaired) electrons. The molecule has 0 heterocycles. The van der Waals surface area contributed by atoms with Gasteiger partial charge in [0.25, 0.3) is 0 Å². The predicted molar refractivity (Wildman–Crippen MR) is 56.6 cm³/mol. The molecule has 2 atom stereocenters. The highest BCUT2D eigenvalue weighted by atomic mass is 16.7. The van der Waals surface area contributed by atoms with Gasteiger partial charge in [-0.3, -0.25) is 4.79 Å². The van der Waals surface area contributed by atoms with Gasteiger partial charge in [-0.25, -0.2) is 4.79 Å². The van der Waals surface area contributed by atoms with Gasteiger partial charge in [0.1, 0.15) is 0 Å². The van der Waals surface area contributed by atoms with Crippen LogP contribution in [0.2, 0.25) is 0 Å². The number of hydrogen-bond acceptors (Lipinski definition) is 5. The summed E-state index contributed by atoms with van der Waals surface area (Å²) in [7, 11) is 0. The molecule has 0 aliphatic heterocycles. The normalized spacial score (nSPS) is 14.1. The van der Waals surface area contributed by atoms with E-state index in [0.717, 1.165) is 0 Å². The molecule has 0 fully saturated rings. The van der Waals surface area contributed by atoms with Crippen LogP contribution in [0.15, 0.2) is 0 Å². The zero-order chi connectivity index (χ0) is 12.7. The third-order valence-electron chi connectivity index (χ3n) is 1.57. The molecule has 2 N–H and O–H groups in total. The second-order valence-electron chi connectivity index (χ2n) is 3.79. The van der Waals surface area contributed by atoms with E-state index in [1.54, 1.807) is 13.8 Å². The lowest BCUT2D eigenvalue weighted by Crippen LogP contribution is -2.34. The van der Waals surface area contributed by atoms with Crippen molar-refractivity contribution in [1.82, 2.24) is 5.32 Å². The summed E-state index contributed by atoms with van der Waals surface area (Å²) in [5.74, 6) is -0.706. The molecule has 16 heavy (non-hydrogen) atoms. The van der Waals surface area contributed by atoms with Crippen LogP contribution in [-0.4, -0.2) is 36.1 Å². The minimum atomic E-state index is -0.941. The van der Waals surface area contributed by atoms with Crippen LogP contribution in [0.4, 0.5) is 4.79 Å². The van der Waals surface area contributed by atoms with Crippen LogP contribution in [0, 0.1) is 5.92 Å². The molecule has 0 aliphatic carbocycles. The Morgan fingerprint density at radius 2 is 1.75 bits per heavy atom. The SMILES string of the molecule is CC(OC(=O)NC[C@H](C)O)OC(=O)C(C)C. The van der Waals surface area contributed by atoms with Crippen LogP contribution in [0.3, 0.4) is 0 Å². The fraction of sp³-hybridized carbons (Fsp3) is 0.800. The van der Waals surface area contributed by atoms with Crippen molar-refractivity contribution in [3.63, 3.8) is 0 Å². The monoisotopic (exact) mass is 233 g/mol. The first-order valence-electron chi connectivity index (χ1n) is 5.16. The van der Waals surface area contributed by atoms with Crippen LogP contribution >= 0.6 is 0 Å². The summed E-state index contributed by atoms with van der Waals surface area (Å²) >= 11 is 0. The van der Waals surface area contributed by atoms with E-state index < -0.39 is 24.5 Å². The van der Waals surface area contributed by atoms with Gasteiger partial charge >= 0.3 is 12.1 Å². The second-order valence-corrected chi connectivity index (χ2v) is 3.79. The van der Waals surface area contributed by atoms with Crippen molar-refractivity contribution in [1.29, 1.82) is 0 Å². The topological polar surface area (TPSA) is 84.9 Å². The number of aliphatic hydroxyl groups is 1. The minimum Gasteiger partial charge on any atom is -0.425 e. The van der Waals surface area contributed by atoms with Crippen molar-refractivity contribution in [2.75, 3.05) is 6.54 Å². The number of alkyl carbamates (subject to hydrolysis) is 1. The van der Waals surface area contributed by atoms with Crippen molar-refractivity contribution < 1.29 is 24.2 Å². The number of carbonyl (C=O) groups is 2. The molecule has 0 aromatic rings. The van der Waals surface area contributed by atoms with Crippen LogP contribution in [0.25, 0.3) is 0 Å². The number of esters is 1. The fourth-order valence-corrected chi connectivity index (χ4v) is 0.747. The zero-order valence-electron chi connectivity index (χ0n) is 10.0. The standard InChI is InChI=1S/C10H19NO5/c1-6(2)9(13)15-8(4)16-10(14)11-5-7(3)12/h6-8,12H,5H2,1-4H3,(H,11,14)/t7-,8?/m0/s1. The Bertz CT molecular complexity index is 239. The van der Waals surface area contributed by atoms with E-state index in [-0.39, 0.29) is 12.5 Å². The van der Waals surface area contributed by atoms with Crippen LogP contribution in [0.5, 0.6) is 0 Å². The molecule has 94 valence electrons. The molecular weight excluding hydrogens is 214 g/mol. The van der Waals surface area contributed by atoms with Gasteiger partial charge in [0.05, 0.1) is 12.0 Å². The van der Waals surface area contributed by atoms with Gasteiger partial charge in [-0.15, -0.1) is 0 Å². The van der Waals surface area contributed by atoms with Crippen LogP contribution < -0.4 is 5.32 Å². The third-order valence-corrected chi connectivity index (χ3v) is 1.57. The summed E-state index contributed by atoms with van der Waals surface area (Å²) in [6.45, 7) is 6.43. The fourth-order valence-electron chi connectivity index (χ4n) is 0.747. The van der Waals surface area contributed by atoms with Gasteiger partial charge in [0.2, 0.25) is 6.29 Å². The first-order chi connectivity index (χ1) is 7.32. The van der Waals surface area contributed by atoms with Gasteiger partial charge in [-0.1, -0.05) is 13.8 Å². The zero-order valence-corrected chi connectivity index (χ0v) is 10.0. The molecule has 1 amide bonds. The Morgan fingerprint density at radius 1 is 1.19 bits per heavy atom. The molecule has 6 heteroatoms. The highest BCUT2D eigenvalue weighted by Gasteiger charge is 2.16. The average molecular weight is 233 g/mol. The Balaban J connectivity index is 3.82. The van der Waals surface area contributed by atoms with Gasteiger partial charge in [0, 0.05) is 13.5 Å². The van der Waals surface area contributed by atoms with E-state index in [1.165, 1.54) is 13.8 Å². The largest absolute Gasteiger partial charge is 0.425 e. The molecule has 0 aromatic heterocycles. The number of amides is 1. The number of nitrogens with one attached hydrogen (secondary N) is 1. The summed E-state index contributed by atoms with van der Waals surface area (Å²) in [6, 6.07) is 0. The Kier molecular flexibility index (Phi) is 6.48. The van der Waals surface area contributed by atoms with E-state index in [1.807, 2.05) is 0 Å². The smallest absolute Gasteiger partial charge is 0.410 e. The lowest BCUT2D eigenvalue weighted by atomic mass is 10.2. The van der Waals surface area contributed by atoms with Crippen molar-refractivity contribution in [3.8, 4) is 0 Å². The number of ether oxygens (including phenoxy) is 2. The van der Waals surface area contributed by atoms with Crippen molar-refractivity contribution in [2.45, 2.75) is 40.1 Å². The minimum absolute atomic E-state index is 0.0870. The molecule has 0 spiro atoms.